The number of nitrogens with one attached hydrogen (secondary N) is 1. The van der Waals surface area contributed by atoms with E-state index in [-0.39, 0.29) is 5.91 Å². The molecule has 1 N–H and O–H groups in total. The number of piperidine rings is 1. The van der Waals surface area contributed by atoms with Gasteiger partial charge in [-0.05, 0) is 24.8 Å². The first-order chi connectivity index (χ1) is 10.7. The topological polar surface area (TPSA) is 71.0 Å². The van der Waals surface area contributed by atoms with Gasteiger partial charge in [-0.25, -0.2) is 15.0 Å². The summed E-state index contributed by atoms with van der Waals surface area (Å²) in [6, 6.07) is 1.76. The number of aromatic nitrogens is 3. The number of likely N-dealkylation sites (tertiary alicyclic amines) is 1. The molecular weight excluding hydrogens is 298 g/mol. The monoisotopic (exact) mass is 317 g/mol. The summed E-state index contributed by atoms with van der Waals surface area (Å²) < 4.78 is 0. The highest BCUT2D eigenvalue weighted by Crippen LogP contribution is 2.20. The van der Waals surface area contributed by atoms with Gasteiger partial charge in [0.05, 0.1) is 12.1 Å². The van der Waals surface area contributed by atoms with Gasteiger partial charge in [-0.1, -0.05) is 6.92 Å². The largest absolute Gasteiger partial charge is 0.342 e. The van der Waals surface area contributed by atoms with E-state index in [9.17, 15) is 4.79 Å². The third-order valence-corrected chi connectivity index (χ3v) is 4.48. The summed E-state index contributed by atoms with van der Waals surface area (Å²) in [5.74, 6) is 1.28. The zero-order valence-corrected chi connectivity index (χ0v) is 13.3. The van der Waals surface area contributed by atoms with Crippen LogP contribution in [0.4, 0.5) is 11.1 Å². The van der Waals surface area contributed by atoms with E-state index in [1.165, 1.54) is 17.8 Å². The summed E-state index contributed by atoms with van der Waals surface area (Å²) in [5, 5.41) is 5.67. The van der Waals surface area contributed by atoms with E-state index < -0.39 is 0 Å². The van der Waals surface area contributed by atoms with E-state index >= 15 is 0 Å². The first-order valence-corrected chi connectivity index (χ1v) is 8.35. The Bertz CT molecular complexity index is 630. The number of rotatable bonds is 4. The van der Waals surface area contributed by atoms with Crippen LogP contribution in [0.5, 0.6) is 0 Å². The molecule has 0 aliphatic carbocycles. The lowest BCUT2D eigenvalue weighted by Crippen LogP contribution is -2.39. The molecule has 1 atom stereocenters. The normalized spacial score (nSPS) is 18.2. The van der Waals surface area contributed by atoms with Crippen LogP contribution in [0.15, 0.2) is 23.8 Å². The molecule has 1 amide bonds. The molecule has 0 bridgehead atoms. The number of thiazole rings is 1. The Balaban J connectivity index is 1.58. The Hall–Kier alpha value is -2.02. The third-order valence-electron chi connectivity index (χ3n) is 3.68. The number of hydrogen-bond acceptors (Lipinski definition) is 6. The summed E-state index contributed by atoms with van der Waals surface area (Å²) in [6.45, 7) is 3.94. The highest BCUT2D eigenvalue weighted by molar-refractivity contribution is 7.13. The maximum absolute atomic E-state index is 12.3. The number of carbonyl (C=O) groups is 1. The van der Waals surface area contributed by atoms with Crippen molar-refractivity contribution in [3.05, 3.63) is 29.5 Å². The summed E-state index contributed by atoms with van der Waals surface area (Å²) in [4.78, 5) is 26.9. The average Bonchev–Trinajstić information content (AvgIpc) is 2.95. The van der Waals surface area contributed by atoms with Crippen LogP contribution in [0.1, 0.15) is 25.5 Å². The molecule has 0 saturated carbocycles. The Morgan fingerprint density at radius 1 is 1.45 bits per heavy atom. The van der Waals surface area contributed by atoms with Gasteiger partial charge >= 0.3 is 0 Å². The van der Waals surface area contributed by atoms with Gasteiger partial charge in [-0.15, -0.1) is 11.3 Å². The van der Waals surface area contributed by atoms with E-state index in [1.807, 2.05) is 10.3 Å². The van der Waals surface area contributed by atoms with Crippen LogP contribution in [0, 0.1) is 5.92 Å². The molecule has 1 aliphatic heterocycles. The Morgan fingerprint density at radius 3 is 3.05 bits per heavy atom. The van der Waals surface area contributed by atoms with Crippen LogP contribution < -0.4 is 5.32 Å². The molecule has 0 spiro atoms. The highest BCUT2D eigenvalue weighted by atomic mass is 32.1. The van der Waals surface area contributed by atoms with Crippen molar-refractivity contribution in [2.24, 2.45) is 5.92 Å². The molecule has 1 saturated heterocycles. The molecule has 2 aromatic heterocycles. The van der Waals surface area contributed by atoms with E-state index in [0.29, 0.717) is 23.4 Å². The van der Waals surface area contributed by atoms with Crippen LogP contribution in [-0.4, -0.2) is 38.8 Å². The maximum Gasteiger partial charge on any atom is 0.228 e. The van der Waals surface area contributed by atoms with Gasteiger partial charge in [0.2, 0.25) is 11.9 Å². The molecular formula is C15H19N5OS. The second-order valence-electron chi connectivity index (χ2n) is 5.61. The fourth-order valence-electron chi connectivity index (χ4n) is 2.59. The molecule has 2 aromatic rings. The van der Waals surface area contributed by atoms with Crippen molar-refractivity contribution in [1.82, 2.24) is 19.9 Å². The molecule has 1 fully saturated rings. The summed E-state index contributed by atoms with van der Waals surface area (Å²) in [7, 11) is 0. The van der Waals surface area contributed by atoms with E-state index in [4.69, 9.17) is 0 Å². The second-order valence-corrected chi connectivity index (χ2v) is 6.46. The van der Waals surface area contributed by atoms with Crippen LogP contribution >= 0.6 is 11.3 Å². The van der Waals surface area contributed by atoms with Crippen molar-refractivity contribution in [2.75, 3.05) is 18.4 Å². The van der Waals surface area contributed by atoms with Crippen molar-refractivity contribution in [3.63, 3.8) is 0 Å². The fraction of sp³-hybridized carbons (Fsp3) is 0.467. The smallest absolute Gasteiger partial charge is 0.228 e. The number of amides is 1. The molecule has 116 valence electrons. The third kappa shape index (κ3) is 3.79. The zero-order chi connectivity index (χ0) is 15.4. The predicted molar refractivity (Wildman–Crippen MR) is 86.1 cm³/mol. The Morgan fingerprint density at radius 2 is 2.27 bits per heavy atom. The maximum atomic E-state index is 12.3. The van der Waals surface area contributed by atoms with Gasteiger partial charge in [-0.3, -0.25) is 4.79 Å². The first-order valence-electron chi connectivity index (χ1n) is 7.47. The van der Waals surface area contributed by atoms with Gasteiger partial charge in [0.25, 0.3) is 0 Å². The zero-order valence-electron chi connectivity index (χ0n) is 12.5. The SMILES string of the molecule is CC1CCCN(C(=O)Cc2csc(Nc3ncccn3)n2)C1. The van der Waals surface area contributed by atoms with Gasteiger partial charge in [0, 0.05) is 30.9 Å². The highest BCUT2D eigenvalue weighted by Gasteiger charge is 2.21. The Labute approximate surface area is 133 Å². The molecule has 6 nitrogen and oxygen atoms in total. The van der Waals surface area contributed by atoms with Crippen LogP contribution in [0.25, 0.3) is 0 Å². The minimum Gasteiger partial charge on any atom is -0.342 e. The predicted octanol–water partition coefficient (Wildman–Crippen LogP) is 2.48. The summed E-state index contributed by atoms with van der Waals surface area (Å²) >= 11 is 1.46. The van der Waals surface area contributed by atoms with Crippen LogP contribution in [0.3, 0.4) is 0 Å². The standard InChI is InChI=1S/C15H19N5OS/c1-11-4-2-7-20(9-11)13(21)8-12-10-22-15(18-12)19-14-16-5-3-6-17-14/h3,5-6,10-11H,2,4,7-9H2,1H3,(H,16,17,18,19). The average molecular weight is 317 g/mol. The van der Waals surface area contributed by atoms with Gasteiger partial charge in [0.1, 0.15) is 0 Å². The number of carbonyl (C=O) groups excluding carboxylic acids is 1. The number of nitrogens with zero attached hydrogens (tertiary/aromatic N) is 4. The molecule has 1 unspecified atom stereocenters. The quantitative estimate of drug-likeness (QED) is 0.938. The molecule has 22 heavy (non-hydrogen) atoms. The summed E-state index contributed by atoms with van der Waals surface area (Å²) in [5.41, 5.74) is 0.798. The first kappa shape index (κ1) is 14.9. The minimum atomic E-state index is 0.166. The lowest BCUT2D eigenvalue weighted by molar-refractivity contribution is -0.132. The minimum absolute atomic E-state index is 0.166. The van der Waals surface area contributed by atoms with Gasteiger partial charge in [-0.2, -0.15) is 0 Å². The van der Waals surface area contributed by atoms with Crippen LogP contribution in [-0.2, 0) is 11.2 Å². The molecule has 3 rings (SSSR count). The number of anilines is 2. The van der Waals surface area contributed by atoms with E-state index in [0.717, 1.165) is 25.2 Å². The summed E-state index contributed by atoms with van der Waals surface area (Å²) in [6.07, 6.45) is 6.02. The molecule has 0 aromatic carbocycles. The lowest BCUT2D eigenvalue weighted by atomic mass is 10.00. The van der Waals surface area contributed by atoms with Crippen molar-refractivity contribution in [3.8, 4) is 0 Å². The van der Waals surface area contributed by atoms with Gasteiger partial charge in [0.15, 0.2) is 5.13 Å². The second kappa shape index (κ2) is 6.83. The molecule has 1 aliphatic rings. The number of hydrogen-bond donors (Lipinski definition) is 1. The van der Waals surface area contributed by atoms with Crippen molar-refractivity contribution >= 4 is 28.3 Å². The van der Waals surface area contributed by atoms with E-state index in [2.05, 4.69) is 27.2 Å². The van der Waals surface area contributed by atoms with E-state index in [1.54, 1.807) is 18.5 Å². The van der Waals surface area contributed by atoms with Crippen LogP contribution in [0.2, 0.25) is 0 Å². The lowest BCUT2D eigenvalue weighted by Gasteiger charge is -2.30. The molecule has 7 heteroatoms. The fourth-order valence-corrected chi connectivity index (χ4v) is 3.29. The van der Waals surface area contributed by atoms with Crippen molar-refractivity contribution < 1.29 is 4.79 Å². The van der Waals surface area contributed by atoms with Crippen molar-refractivity contribution in [2.45, 2.75) is 26.2 Å². The van der Waals surface area contributed by atoms with Crippen molar-refractivity contribution in [1.29, 1.82) is 0 Å². The Kier molecular flexibility index (Phi) is 4.62. The van der Waals surface area contributed by atoms with Gasteiger partial charge < -0.3 is 10.2 Å². The molecule has 3 heterocycles. The molecule has 0 radical (unpaired) electrons.